The van der Waals surface area contributed by atoms with E-state index in [4.69, 9.17) is 9.94 Å². The zero-order chi connectivity index (χ0) is 13.5. The number of piperidine rings is 1. The summed E-state index contributed by atoms with van der Waals surface area (Å²) < 4.78 is 0. The Morgan fingerprint density at radius 2 is 2.00 bits per heavy atom. The van der Waals surface area contributed by atoms with Crippen molar-refractivity contribution < 1.29 is 14.7 Å². The van der Waals surface area contributed by atoms with Gasteiger partial charge in [0, 0.05) is 25.3 Å². The van der Waals surface area contributed by atoms with Gasteiger partial charge in [0.05, 0.1) is 0 Å². The minimum atomic E-state index is 0.237. The predicted octanol–water partition coefficient (Wildman–Crippen LogP) is 1.89. The third kappa shape index (κ3) is 3.93. The highest BCUT2D eigenvalue weighted by molar-refractivity contribution is 5.82. The van der Waals surface area contributed by atoms with E-state index in [1.807, 2.05) is 36.3 Å². The monoisotopic (exact) mass is 261 g/mol. The third-order valence-corrected chi connectivity index (χ3v) is 3.46. The van der Waals surface area contributed by atoms with Crippen LogP contribution in [-0.4, -0.2) is 35.8 Å². The third-order valence-electron chi connectivity index (χ3n) is 3.46. The number of rotatable bonds is 5. The van der Waals surface area contributed by atoms with Crippen LogP contribution in [0.1, 0.15) is 24.8 Å². The molecule has 1 aromatic rings. The Labute approximate surface area is 113 Å². The van der Waals surface area contributed by atoms with Crippen LogP contribution in [0.25, 0.3) is 5.76 Å². The first-order valence-corrected chi connectivity index (χ1v) is 6.67. The molecule has 0 atom stereocenters. The minimum absolute atomic E-state index is 0.237. The lowest BCUT2D eigenvalue weighted by Crippen LogP contribution is -2.33. The number of benzene rings is 1. The summed E-state index contributed by atoms with van der Waals surface area (Å²) in [6, 6.07) is 9.29. The second-order valence-electron chi connectivity index (χ2n) is 4.77. The van der Waals surface area contributed by atoms with E-state index in [1.54, 1.807) is 5.06 Å². The molecule has 0 unspecified atom stereocenters. The zero-order valence-electron chi connectivity index (χ0n) is 10.9. The fourth-order valence-electron chi connectivity index (χ4n) is 2.32. The maximum atomic E-state index is 11.0. The molecule has 1 N–H and O–H groups in total. The number of nitrogens with zero attached hydrogens (tertiary/aromatic N) is 1. The summed E-state index contributed by atoms with van der Waals surface area (Å²) in [6.45, 7) is 1.81. The minimum Gasteiger partial charge on any atom is -0.396 e. The number of hydroxylamine groups is 2. The van der Waals surface area contributed by atoms with Crippen LogP contribution in [0, 0.1) is 5.92 Å². The van der Waals surface area contributed by atoms with Crippen molar-refractivity contribution in [2.45, 2.75) is 19.3 Å². The standard InChI is InChI=1S/C15H19NO3/c17-11-8-13-6-9-16(10-7-13)19-15(12-18)14-4-2-1-3-5-14/h1-5,13,17H,6-11H2. The summed E-state index contributed by atoms with van der Waals surface area (Å²) in [5.74, 6) is 2.66. The molecule has 4 nitrogen and oxygen atoms in total. The van der Waals surface area contributed by atoms with Crippen molar-refractivity contribution in [2.24, 2.45) is 5.92 Å². The van der Waals surface area contributed by atoms with Crippen LogP contribution in [0.3, 0.4) is 0 Å². The molecule has 2 rings (SSSR count). The van der Waals surface area contributed by atoms with E-state index in [0.29, 0.717) is 5.92 Å². The van der Waals surface area contributed by atoms with Crippen LogP contribution in [0.5, 0.6) is 0 Å². The summed E-state index contributed by atoms with van der Waals surface area (Å²) in [7, 11) is 0. The van der Waals surface area contributed by atoms with E-state index < -0.39 is 0 Å². The molecular weight excluding hydrogens is 242 g/mol. The molecule has 0 amide bonds. The smallest absolute Gasteiger partial charge is 0.237 e. The van der Waals surface area contributed by atoms with Gasteiger partial charge in [-0.15, -0.1) is 5.06 Å². The van der Waals surface area contributed by atoms with Gasteiger partial charge in [0.25, 0.3) is 0 Å². The number of aliphatic hydroxyl groups is 1. The lowest BCUT2D eigenvalue weighted by atomic mass is 9.95. The number of hydrogen-bond donors (Lipinski definition) is 1. The Morgan fingerprint density at radius 3 is 2.58 bits per heavy atom. The largest absolute Gasteiger partial charge is 0.396 e. The van der Waals surface area contributed by atoms with Crippen LogP contribution in [0.4, 0.5) is 0 Å². The number of aliphatic hydroxyl groups excluding tert-OH is 1. The first-order chi connectivity index (χ1) is 9.33. The predicted molar refractivity (Wildman–Crippen MR) is 72.6 cm³/mol. The molecule has 0 aromatic heterocycles. The molecule has 1 aromatic carbocycles. The molecule has 0 bridgehead atoms. The van der Waals surface area contributed by atoms with Gasteiger partial charge >= 0.3 is 0 Å². The summed E-state index contributed by atoms with van der Waals surface area (Å²) in [6.07, 6.45) is 2.83. The molecule has 1 heterocycles. The van der Waals surface area contributed by atoms with Crippen molar-refractivity contribution in [1.82, 2.24) is 5.06 Å². The highest BCUT2D eigenvalue weighted by Crippen LogP contribution is 2.23. The highest BCUT2D eigenvalue weighted by atomic mass is 16.7. The van der Waals surface area contributed by atoms with Crippen LogP contribution in [-0.2, 0) is 9.63 Å². The Morgan fingerprint density at radius 1 is 1.32 bits per heavy atom. The first-order valence-electron chi connectivity index (χ1n) is 6.67. The highest BCUT2D eigenvalue weighted by Gasteiger charge is 2.21. The molecule has 19 heavy (non-hydrogen) atoms. The number of hydrogen-bond acceptors (Lipinski definition) is 4. The van der Waals surface area contributed by atoms with Gasteiger partial charge in [-0.25, -0.2) is 4.79 Å². The first kappa shape index (κ1) is 13.8. The molecule has 1 aliphatic rings. The summed E-state index contributed by atoms with van der Waals surface area (Å²) in [4.78, 5) is 16.6. The van der Waals surface area contributed by atoms with E-state index in [0.717, 1.165) is 37.9 Å². The van der Waals surface area contributed by atoms with Crippen molar-refractivity contribution >= 4 is 11.7 Å². The molecule has 1 fully saturated rings. The molecule has 102 valence electrons. The molecule has 1 saturated heterocycles. The molecular formula is C15H19NO3. The van der Waals surface area contributed by atoms with Crippen LogP contribution >= 0.6 is 0 Å². The summed E-state index contributed by atoms with van der Waals surface area (Å²) in [5.41, 5.74) is 0.745. The van der Waals surface area contributed by atoms with Crippen molar-refractivity contribution in [3.63, 3.8) is 0 Å². The van der Waals surface area contributed by atoms with Crippen molar-refractivity contribution in [3.05, 3.63) is 35.9 Å². The second kappa shape index (κ2) is 7.10. The average Bonchev–Trinajstić information content (AvgIpc) is 2.48. The van der Waals surface area contributed by atoms with Gasteiger partial charge in [-0.05, 0) is 25.2 Å². The summed E-state index contributed by atoms with van der Waals surface area (Å²) in [5, 5.41) is 10.7. The molecule has 0 spiro atoms. The molecule has 0 aliphatic carbocycles. The van der Waals surface area contributed by atoms with Gasteiger partial charge in [-0.1, -0.05) is 30.3 Å². The van der Waals surface area contributed by atoms with Crippen molar-refractivity contribution in [2.75, 3.05) is 19.7 Å². The van der Waals surface area contributed by atoms with Crippen molar-refractivity contribution in [3.8, 4) is 0 Å². The van der Waals surface area contributed by atoms with Crippen molar-refractivity contribution in [1.29, 1.82) is 0 Å². The summed E-state index contributed by atoms with van der Waals surface area (Å²) >= 11 is 0. The van der Waals surface area contributed by atoms with Gasteiger partial charge in [-0.3, -0.25) is 0 Å². The van der Waals surface area contributed by atoms with E-state index in [2.05, 4.69) is 0 Å². The number of carbonyl (C=O) groups excluding carboxylic acids is 1. The van der Waals surface area contributed by atoms with Gasteiger partial charge in [-0.2, -0.15) is 0 Å². The fourth-order valence-corrected chi connectivity index (χ4v) is 2.32. The topological polar surface area (TPSA) is 49.8 Å². The maximum absolute atomic E-state index is 11.0. The van der Waals surface area contributed by atoms with Crippen LogP contribution in [0.2, 0.25) is 0 Å². The van der Waals surface area contributed by atoms with E-state index in [-0.39, 0.29) is 12.4 Å². The zero-order valence-corrected chi connectivity index (χ0v) is 10.9. The lowest BCUT2D eigenvalue weighted by molar-refractivity contribution is -0.108. The van der Waals surface area contributed by atoms with Gasteiger partial charge in [0.2, 0.25) is 5.76 Å². The van der Waals surface area contributed by atoms with Gasteiger partial charge in [0.1, 0.15) is 0 Å². The van der Waals surface area contributed by atoms with Crippen LogP contribution in [0.15, 0.2) is 30.3 Å². The Balaban J connectivity index is 1.90. The molecule has 4 heteroatoms. The van der Waals surface area contributed by atoms with E-state index >= 15 is 0 Å². The SMILES string of the molecule is O=C=C(ON1CCC(CCO)CC1)c1ccccc1. The quantitative estimate of drug-likeness (QED) is 0.649. The molecule has 0 radical (unpaired) electrons. The lowest BCUT2D eigenvalue weighted by Gasteiger charge is -2.30. The Hall–Kier alpha value is -1.61. The fraction of sp³-hybridized carbons (Fsp3) is 0.467. The molecule has 1 aliphatic heterocycles. The molecule has 0 saturated carbocycles. The Kier molecular flexibility index (Phi) is 5.16. The van der Waals surface area contributed by atoms with Gasteiger partial charge in [0.15, 0.2) is 5.94 Å². The van der Waals surface area contributed by atoms with E-state index in [9.17, 15) is 4.79 Å². The second-order valence-corrected chi connectivity index (χ2v) is 4.77. The maximum Gasteiger partial charge on any atom is 0.237 e. The van der Waals surface area contributed by atoms with Crippen LogP contribution < -0.4 is 0 Å². The average molecular weight is 261 g/mol. The normalized spacial score (nSPS) is 16.9. The van der Waals surface area contributed by atoms with E-state index in [1.165, 1.54) is 0 Å². The van der Waals surface area contributed by atoms with Gasteiger partial charge < -0.3 is 9.94 Å². The Bertz CT molecular complexity index is 432.